The van der Waals surface area contributed by atoms with Gasteiger partial charge < -0.3 is 29.6 Å². The average Bonchev–Trinajstić information content (AvgIpc) is 3.76. The molecule has 18 heteroatoms. The zero-order valence-corrected chi connectivity index (χ0v) is 39.3. The topological polar surface area (TPSA) is 179 Å². The zero-order chi connectivity index (χ0) is 46.3. The van der Waals surface area contributed by atoms with Crippen molar-refractivity contribution in [3.8, 4) is 17.2 Å². The first-order valence-electron chi connectivity index (χ1n) is 22.5. The second-order valence-corrected chi connectivity index (χ2v) is 20.9. The van der Waals surface area contributed by atoms with E-state index in [1.807, 2.05) is 18.2 Å². The quantitative estimate of drug-likeness (QED) is 0.0823. The number of aromatic amines is 1. The number of nitro benzene ring substituents is 1. The lowest BCUT2D eigenvalue weighted by molar-refractivity contribution is -0.384. The number of hydrogen-bond acceptors (Lipinski definition) is 13. The van der Waals surface area contributed by atoms with Crippen LogP contribution in [0.15, 0.2) is 89.6 Å². The molecule has 0 saturated carbocycles. The van der Waals surface area contributed by atoms with Crippen LogP contribution in [-0.4, -0.2) is 129 Å². The first kappa shape index (κ1) is 45.4. The molecule has 2 atom stereocenters. The van der Waals surface area contributed by atoms with Crippen molar-refractivity contribution in [1.82, 2.24) is 29.4 Å². The fraction of sp³-hybridized carbons (Fsp3) is 0.417. The molecule has 3 N–H and O–H groups in total. The Kier molecular flexibility index (Phi) is 12.7. The van der Waals surface area contributed by atoms with Crippen LogP contribution in [0.25, 0.3) is 16.6 Å². The molecule has 5 heterocycles. The van der Waals surface area contributed by atoms with Crippen molar-refractivity contribution in [2.45, 2.75) is 57.0 Å². The third-order valence-electron chi connectivity index (χ3n) is 13.4. The van der Waals surface area contributed by atoms with Crippen molar-refractivity contribution in [2.24, 2.45) is 5.41 Å². The van der Waals surface area contributed by atoms with E-state index in [0.717, 1.165) is 93.8 Å². The van der Waals surface area contributed by atoms with Crippen molar-refractivity contribution in [1.29, 1.82) is 0 Å². The molecule has 4 aliphatic rings. The number of hydrogen-bond donors (Lipinski definition) is 3. The van der Waals surface area contributed by atoms with Gasteiger partial charge in [0.1, 0.15) is 23.8 Å². The summed E-state index contributed by atoms with van der Waals surface area (Å²) in [6.45, 7) is 14.1. The number of allylic oxidation sites excluding steroid dienone is 1. The number of amides is 1. The van der Waals surface area contributed by atoms with Crippen molar-refractivity contribution in [3.63, 3.8) is 0 Å². The SMILES string of the molecule is C[C@@H]1CN(C[C@H]2COc3cc(S(=O)(=O)NC(=O)c4ccc(N5CCN(CC6=C(c7ccc(Cl)cc7)CC(C)(C)CC6)CC5)cc4Oc4cnc5[nH]ccc5c4)cc([N+](=O)[O-])c3N2)CCN1C. The maximum absolute atomic E-state index is 14.1. The Bertz CT molecular complexity index is 2790. The van der Waals surface area contributed by atoms with Crippen molar-refractivity contribution >= 4 is 61.2 Å². The van der Waals surface area contributed by atoms with Crippen LogP contribution in [0, 0.1) is 15.5 Å². The van der Waals surface area contributed by atoms with E-state index in [1.165, 1.54) is 29.0 Å². The normalized spacial score (nSPS) is 20.7. The highest BCUT2D eigenvalue weighted by atomic mass is 35.5. The Morgan fingerprint density at radius 1 is 1.03 bits per heavy atom. The molecule has 3 aromatic carbocycles. The summed E-state index contributed by atoms with van der Waals surface area (Å²) in [4.78, 5) is 42.1. The number of pyridine rings is 1. The summed E-state index contributed by atoms with van der Waals surface area (Å²) >= 11 is 6.25. The maximum Gasteiger partial charge on any atom is 0.297 e. The number of nitro groups is 1. The lowest BCUT2D eigenvalue weighted by atomic mass is 9.72. The number of likely N-dealkylation sites (N-methyl/N-ethyl adjacent to an activating group) is 1. The van der Waals surface area contributed by atoms with Crippen LogP contribution in [0.2, 0.25) is 5.02 Å². The lowest BCUT2D eigenvalue weighted by Crippen LogP contribution is -2.53. The molecular weight excluding hydrogens is 882 g/mol. The van der Waals surface area contributed by atoms with Gasteiger partial charge in [-0.1, -0.05) is 43.2 Å². The van der Waals surface area contributed by atoms with E-state index in [2.05, 4.69) is 79.6 Å². The molecule has 1 amide bonds. The van der Waals surface area contributed by atoms with Gasteiger partial charge in [0.2, 0.25) is 0 Å². The predicted molar refractivity (Wildman–Crippen MR) is 256 cm³/mol. The molecule has 16 nitrogen and oxygen atoms in total. The first-order chi connectivity index (χ1) is 31.6. The van der Waals surface area contributed by atoms with Gasteiger partial charge in [-0.05, 0) is 86.2 Å². The lowest BCUT2D eigenvalue weighted by Gasteiger charge is -2.40. The fourth-order valence-electron chi connectivity index (χ4n) is 9.49. The molecule has 2 saturated heterocycles. The van der Waals surface area contributed by atoms with Gasteiger partial charge in [0.15, 0.2) is 11.4 Å². The number of carbonyl (C=O) groups is 1. The van der Waals surface area contributed by atoms with E-state index >= 15 is 0 Å². The fourth-order valence-corrected chi connectivity index (χ4v) is 10.6. The summed E-state index contributed by atoms with van der Waals surface area (Å²) in [6, 6.07) is 19.1. The molecule has 3 aliphatic heterocycles. The Morgan fingerprint density at radius 2 is 1.80 bits per heavy atom. The van der Waals surface area contributed by atoms with E-state index in [-0.39, 0.29) is 40.8 Å². The van der Waals surface area contributed by atoms with E-state index in [4.69, 9.17) is 21.1 Å². The highest BCUT2D eigenvalue weighted by molar-refractivity contribution is 7.90. The molecule has 5 aromatic rings. The van der Waals surface area contributed by atoms with Gasteiger partial charge in [-0.15, -0.1) is 0 Å². The van der Waals surface area contributed by atoms with Crippen molar-refractivity contribution in [3.05, 3.63) is 111 Å². The molecule has 2 aromatic heterocycles. The average molecular weight is 939 g/mol. The van der Waals surface area contributed by atoms with Gasteiger partial charge in [0, 0.05) is 105 Å². The number of ether oxygens (including phenoxy) is 2. The van der Waals surface area contributed by atoms with E-state index in [9.17, 15) is 23.3 Å². The Morgan fingerprint density at radius 3 is 2.56 bits per heavy atom. The van der Waals surface area contributed by atoms with Gasteiger partial charge in [0.05, 0.1) is 27.6 Å². The van der Waals surface area contributed by atoms with Gasteiger partial charge in [-0.25, -0.2) is 18.1 Å². The minimum atomic E-state index is -4.66. The number of anilines is 2. The first-order valence-corrected chi connectivity index (χ1v) is 24.3. The number of benzene rings is 3. The summed E-state index contributed by atoms with van der Waals surface area (Å²) in [6.07, 6.45) is 6.47. The highest BCUT2D eigenvalue weighted by Crippen LogP contribution is 2.44. The van der Waals surface area contributed by atoms with Crippen LogP contribution in [-0.2, 0) is 10.0 Å². The molecular formula is C48H56ClN9O7S. The molecule has 0 unspecified atom stereocenters. The van der Waals surface area contributed by atoms with Crippen LogP contribution >= 0.6 is 11.6 Å². The van der Waals surface area contributed by atoms with E-state index in [1.54, 1.807) is 30.5 Å². The number of sulfonamides is 1. The molecule has 348 valence electrons. The van der Waals surface area contributed by atoms with Crippen LogP contribution in [0.3, 0.4) is 0 Å². The number of piperazine rings is 2. The Balaban J connectivity index is 0.931. The van der Waals surface area contributed by atoms with E-state index < -0.39 is 31.4 Å². The van der Waals surface area contributed by atoms with Gasteiger partial charge in [-0.2, -0.15) is 0 Å². The largest absolute Gasteiger partial charge is 0.489 e. The molecule has 0 bridgehead atoms. The second-order valence-electron chi connectivity index (χ2n) is 18.8. The molecule has 66 heavy (non-hydrogen) atoms. The Hall–Kier alpha value is -5.72. The number of rotatable bonds is 12. The number of aromatic nitrogens is 2. The molecule has 1 aliphatic carbocycles. The van der Waals surface area contributed by atoms with Crippen LogP contribution < -0.4 is 24.4 Å². The molecule has 0 radical (unpaired) electrons. The predicted octanol–water partition coefficient (Wildman–Crippen LogP) is 7.63. The number of nitrogens with one attached hydrogen (secondary N) is 3. The van der Waals surface area contributed by atoms with Crippen LogP contribution in [0.1, 0.15) is 56.0 Å². The smallest absolute Gasteiger partial charge is 0.297 e. The van der Waals surface area contributed by atoms with Crippen molar-refractivity contribution in [2.75, 3.05) is 82.8 Å². The highest BCUT2D eigenvalue weighted by Gasteiger charge is 2.34. The summed E-state index contributed by atoms with van der Waals surface area (Å²) in [5.41, 5.74) is 5.35. The summed E-state index contributed by atoms with van der Waals surface area (Å²) < 4.78 is 42.4. The zero-order valence-electron chi connectivity index (χ0n) is 37.7. The summed E-state index contributed by atoms with van der Waals surface area (Å²) in [5, 5.41) is 17.1. The van der Waals surface area contributed by atoms with Gasteiger partial charge in [0.25, 0.3) is 21.6 Å². The van der Waals surface area contributed by atoms with Crippen LogP contribution in [0.4, 0.5) is 17.1 Å². The molecule has 9 rings (SSSR count). The number of halogens is 1. The summed E-state index contributed by atoms with van der Waals surface area (Å²) in [5.74, 6) is -0.496. The minimum absolute atomic E-state index is 0.0163. The van der Waals surface area contributed by atoms with Crippen LogP contribution in [0.5, 0.6) is 17.2 Å². The second kappa shape index (κ2) is 18.5. The summed E-state index contributed by atoms with van der Waals surface area (Å²) in [7, 11) is -2.57. The van der Waals surface area contributed by atoms with Crippen molar-refractivity contribution < 1.29 is 27.6 Å². The molecule has 0 spiro atoms. The number of nitrogens with zero attached hydrogens (tertiary/aromatic N) is 6. The molecule has 2 fully saturated rings. The standard InChI is InChI=1S/C48H56ClN9O7S/c1-31-27-56(16-15-54(31)4)29-36-30-64-44-24-39(23-42(58(60)61)45(44)52-36)66(62,63)53-47(59)40-10-9-37(22-43(40)65-38-21-33-12-14-50-46(33)51-26-38)57-19-17-55(18-20-57)28-34-11-13-48(2,3)25-41(34)32-5-7-35(49)8-6-32/h5-10,12,14,21-24,26,31,36,52H,11,13,15-20,25,27-30H2,1-4H3,(H,50,51)(H,53,59)/t31-,36+/m1/s1. The van der Waals surface area contributed by atoms with Gasteiger partial charge >= 0.3 is 0 Å². The number of fused-ring (bicyclic) bond motifs is 2. The van der Waals surface area contributed by atoms with E-state index in [0.29, 0.717) is 24.0 Å². The monoisotopic (exact) mass is 937 g/mol. The number of H-pyrrole nitrogens is 1. The Labute approximate surface area is 390 Å². The third kappa shape index (κ3) is 10.0. The maximum atomic E-state index is 14.1. The number of carbonyl (C=O) groups excluding carboxylic acids is 1. The third-order valence-corrected chi connectivity index (χ3v) is 15.0. The van der Waals surface area contributed by atoms with Gasteiger partial charge in [-0.3, -0.25) is 24.7 Å². The minimum Gasteiger partial charge on any atom is -0.489 e.